The van der Waals surface area contributed by atoms with Gasteiger partial charge in [-0.2, -0.15) is 10.2 Å². The predicted molar refractivity (Wildman–Crippen MR) is 104 cm³/mol. The van der Waals surface area contributed by atoms with Crippen molar-refractivity contribution in [3.8, 4) is 11.3 Å². The van der Waals surface area contributed by atoms with Gasteiger partial charge in [0.25, 0.3) is 0 Å². The molecule has 0 unspecified atom stereocenters. The van der Waals surface area contributed by atoms with Crippen LogP contribution >= 0.6 is 0 Å². The number of amides is 1. The van der Waals surface area contributed by atoms with E-state index in [2.05, 4.69) is 25.5 Å². The van der Waals surface area contributed by atoms with Gasteiger partial charge in [-0.15, -0.1) is 0 Å². The minimum atomic E-state index is -0.256. The van der Waals surface area contributed by atoms with Crippen molar-refractivity contribution in [1.82, 2.24) is 24.9 Å². The molecule has 28 heavy (non-hydrogen) atoms. The quantitative estimate of drug-likeness (QED) is 0.710. The predicted octanol–water partition coefficient (Wildman–Crippen LogP) is 3.21. The van der Waals surface area contributed by atoms with E-state index in [4.69, 9.17) is 0 Å². The van der Waals surface area contributed by atoms with Crippen LogP contribution in [0.5, 0.6) is 0 Å². The lowest BCUT2D eigenvalue weighted by Crippen LogP contribution is -2.35. The third-order valence-electron chi connectivity index (χ3n) is 5.10. The van der Waals surface area contributed by atoms with Crippen molar-refractivity contribution in [2.75, 3.05) is 18.4 Å². The van der Waals surface area contributed by atoms with Crippen LogP contribution in [0.15, 0.2) is 42.7 Å². The Morgan fingerprint density at radius 3 is 2.89 bits per heavy atom. The number of hydrogen-bond donors (Lipinski definition) is 2. The number of piperidine rings is 1. The summed E-state index contributed by atoms with van der Waals surface area (Å²) in [5, 5.41) is 14.4. The Hall–Kier alpha value is -3.00. The first-order chi connectivity index (χ1) is 13.6. The highest BCUT2D eigenvalue weighted by Crippen LogP contribution is 2.28. The van der Waals surface area contributed by atoms with E-state index in [1.807, 2.05) is 23.0 Å². The number of halogens is 1. The van der Waals surface area contributed by atoms with Crippen LogP contribution in [0.1, 0.15) is 31.4 Å². The van der Waals surface area contributed by atoms with E-state index in [-0.39, 0.29) is 17.8 Å². The maximum atomic E-state index is 13.6. The summed E-state index contributed by atoms with van der Waals surface area (Å²) in [7, 11) is 0. The van der Waals surface area contributed by atoms with Gasteiger partial charge in [-0.25, -0.2) is 9.07 Å². The maximum absolute atomic E-state index is 13.6. The zero-order valence-electron chi connectivity index (χ0n) is 15.7. The highest BCUT2D eigenvalue weighted by molar-refractivity contribution is 5.87. The van der Waals surface area contributed by atoms with Gasteiger partial charge < -0.3 is 5.32 Å². The summed E-state index contributed by atoms with van der Waals surface area (Å²) >= 11 is 0. The Bertz CT molecular complexity index is 957. The fourth-order valence-electron chi connectivity index (χ4n) is 3.77. The third-order valence-corrected chi connectivity index (χ3v) is 5.10. The highest BCUT2D eigenvalue weighted by atomic mass is 19.1. The molecule has 1 saturated heterocycles. The standard InChI is InChI=1S/C20H23FN6O/c1-14(28)24-19-5-8-23-27(19)18-6-9-26(10-7-18)13-16-12-22-25-20(16)15-3-2-4-17(21)11-15/h2-5,8,11-12,18H,6-7,9-10,13H2,1H3,(H,22,25)(H,24,28). The molecule has 0 radical (unpaired) electrons. The number of nitrogens with zero attached hydrogens (tertiary/aromatic N) is 4. The van der Waals surface area contributed by atoms with Crippen molar-refractivity contribution < 1.29 is 9.18 Å². The van der Waals surface area contributed by atoms with Gasteiger partial charge in [0.15, 0.2) is 0 Å². The SMILES string of the molecule is CC(=O)Nc1ccnn1C1CCN(Cc2cn[nH]c2-c2cccc(F)c2)CC1. The van der Waals surface area contributed by atoms with Crippen molar-refractivity contribution in [2.24, 2.45) is 0 Å². The van der Waals surface area contributed by atoms with E-state index in [9.17, 15) is 9.18 Å². The van der Waals surface area contributed by atoms with Crippen LogP contribution in [0.4, 0.5) is 10.2 Å². The van der Waals surface area contributed by atoms with Crippen molar-refractivity contribution in [3.05, 3.63) is 54.1 Å². The number of nitrogens with one attached hydrogen (secondary N) is 2. The molecule has 1 aliphatic rings. The van der Waals surface area contributed by atoms with Gasteiger partial charge in [0.05, 0.1) is 24.1 Å². The van der Waals surface area contributed by atoms with Crippen molar-refractivity contribution in [3.63, 3.8) is 0 Å². The molecule has 0 aliphatic carbocycles. The number of benzene rings is 1. The number of H-pyrrole nitrogens is 1. The van der Waals surface area contributed by atoms with Gasteiger partial charge in [-0.3, -0.25) is 14.8 Å². The number of anilines is 1. The molecule has 1 aromatic carbocycles. The second-order valence-electron chi connectivity index (χ2n) is 7.13. The van der Waals surface area contributed by atoms with Gasteiger partial charge in [0.2, 0.25) is 5.91 Å². The molecule has 1 fully saturated rings. The summed E-state index contributed by atoms with van der Waals surface area (Å²) in [4.78, 5) is 13.7. The lowest BCUT2D eigenvalue weighted by Gasteiger charge is -2.32. The Morgan fingerprint density at radius 1 is 1.32 bits per heavy atom. The van der Waals surface area contributed by atoms with Crippen molar-refractivity contribution in [1.29, 1.82) is 0 Å². The first-order valence-corrected chi connectivity index (χ1v) is 9.42. The first kappa shape index (κ1) is 18.4. The number of hydrogen-bond acceptors (Lipinski definition) is 4. The van der Waals surface area contributed by atoms with Gasteiger partial charge in [-0.1, -0.05) is 12.1 Å². The van der Waals surface area contributed by atoms with Crippen LogP contribution in [0.3, 0.4) is 0 Å². The Morgan fingerprint density at radius 2 is 2.14 bits per heavy atom. The molecule has 2 N–H and O–H groups in total. The second-order valence-corrected chi connectivity index (χ2v) is 7.13. The van der Waals surface area contributed by atoms with Gasteiger partial charge in [0, 0.05) is 43.8 Å². The molecular weight excluding hydrogens is 359 g/mol. The molecule has 1 aliphatic heterocycles. The molecule has 3 aromatic rings. The lowest BCUT2D eigenvalue weighted by molar-refractivity contribution is -0.114. The summed E-state index contributed by atoms with van der Waals surface area (Å²) in [5.74, 6) is 0.395. The summed E-state index contributed by atoms with van der Waals surface area (Å²) in [5.41, 5.74) is 2.72. The van der Waals surface area contributed by atoms with E-state index in [0.717, 1.165) is 55.1 Å². The summed E-state index contributed by atoms with van der Waals surface area (Å²) in [6, 6.07) is 8.63. The minimum Gasteiger partial charge on any atom is -0.311 e. The Kier molecular flexibility index (Phi) is 5.21. The van der Waals surface area contributed by atoms with Gasteiger partial charge >= 0.3 is 0 Å². The Balaban J connectivity index is 1.40. The monoisotopic (exact) mass is 382 g/mol. The average molecular weight is 382 g/mol. The third kappa shape index (κ3) is 3.96. The fourth-order valence-corrected chi connectivity index (χ4v) is 3.77. The van der Waals surface area contributed by atoms with E-state index < -0.39 is 0 Å². The Labute approximate surface area is 162 Å². The molecular formula is C20H23FN6O. The zero-order valence-corrected chi connectivity index (χ0v) is 15.7. The average Bonchev–Trinajstić information content (AvgIpc) is 3.31. The molecule has 0 bridgehead atoms. The minimum absolute atomic E-state index is 0.0935. The van der Waals surface area contributed by atoms with Crippen LogP contribution in [0.25, 0.3) is 11.3 Å². The summed E-state index contributed by atoms with van der Waals surface area (Å²) < 4.78 is 15.5. The van der Waals surface area contributed by atoms with Crippen LogP contribution in [-0.2, 0) is 11.3 Å². The fraction of sp³-hybridized carbons (Fsp3) is 0.350. The van der Waals surface area contributed by atoms with E-state index >= 15 is 0 Å². The molecule has 146 valence electrons. The molecule has 0 saturated carbocycles. The molecule has 4 rings (SSSR count). The smallest absolute Gasteiger partial charge is 0.222 e. The van der Waals surface area contributed by atoms with Crippen LogP contribution in [-0.4, -0.2) is 43.9 Å². The number of aromatic nitrogens is 4. The largest absolute Gasteiger partial charge is 0.311 e. The lowest BCUT2D eigenvalue weighted by atomic mass is 10.0. The van der Waals surface area contributed by atoms with E-state index in [1.165, 1.54) is 19.1 Å². The molecule has 0 spiro atoms. The topological polar surface area (TPSA) is 78.8 Å². The second kappa shape index (κ2) is 7.93. The van der Waals surface area contributed by atoms with Gasteiger partial charge in [-0.05, 0) is 25.0 Å². The van der Waals surface area contributed by atoms with Crippen molar-refractivity contribution >= 4 is 11.7 Å². The normalized spacial score (nSPS) is 15.6. The number of aromatic amines is 1. The zero-order chi connectivity index (χ0) is 19.5. The van der Waals surface area contributed by atoms with Crippen LogP contribution in [0.2, 0.25) is 0 Å². The van der Waals surface area contributed by atoms with E-state index in [1.54, 1.807) is 12.3 Å². The molecule has 1 amide bonds. The number of likely N-dealkylation sites (tertiary alicyclic amines) is 1. The molecule has 8 heteroatoms. The number of carbonyl (C=O) groups excluding carboxylic acids is 1. The number of carbonyl (C=O) groups is 1. The molecule has 3 heterocycles. The van der Waals surface area contributed by atoms with Crippen molar-refractivity contribution in [2.45, 2.75) is 32.4 Å². The van der Waals surface area contributed by atoms with Gasteiger partial charge in [0.1, 0.15) is 11.6 Å². The maximum Gasteiger partial charge on any atom is 0.222 e. The van der Waals surface area contributed by atoms with E-state index in [0.29, 0.717) is 0 Å². The molecule has 0 atom stereocenters. The number of rotatable bonds is 5. The van der Waals surface area contributed by atoms with Crippen LogP contribution in [0, 0.1) is 5.82 Å². The highest BCUT2D eigenvalue weighted by Gasteiger charge is 2.24. The molecule has 2 aromatic heterocycles. The molecule has 7 nitrogen and oxygen atoms in total. The first-order valence-electron chi connectivity index (χ1n) is 9.42. The van der Waals surface area contributed by atoms with Crippen LogP contribution < -0.4 is 5.32 Å². The summed E-state index contributed by atoms with van der Waals surface area (Å²) in [6.45, 7) is 4.09. The summed E-state index contributed by atoms with van der Waals surface area (Å²) in [6.07, 6.45) is 5.42.